The molecular weight excluding hydrogens is 358 g/mol. The number of hydrogen-bond acceptors (Lipinski definition) is 7. The second-order valence-corrected chi connectivity index (χ2v) is 6.69. The normalized spacial score (nSPS) is 16.1. The third-order valence-electron chi connectivity index (χ3n) is 4.78. The number of ether oxygens (including phenoxy) is 2. The maximum absolute atomic E-state index is 12.8. The van der Waals surface area contributed by atoms with Gasteiger partial charge in [-0.15, -0.1) is 6.58 Å². The molecule has 1 amide bonds. The minimum Gasteiger partial charge on any atom is -0.454 e. The van der Waals surface area contributed by atoms with E-state index in [4.69, 9.17) is 9.47 Å². The van der Waals surface area contributed by atoms with E-state index < -0.39 is 0 Å². The molecule has 0 spiro atoms. The average Bonchev–Trinajstić information content (AvgIpc) is 3.20. The maximum atomic E-state index is 12.8. The van der Waals surface area contributed by atoms with Crippen molar-refractivity contribution >= 4 is 11.9 Å². The number of anilines is 1. The Morgan fingerprint density at radius 1 is 1.18 bits per heavy atom. The summed E-state index contributed by atoms with van der Waals surface area (Å²) in [4.78, 5) is 25.4. The molecule has 2 aliphatic rings. The largest absolute Gasteiger partial charge is 0.454 e. The van der Waals surface area contributed by atoms with Crippen molar-refractivity contribution in [3.63, 3.8) is 0 Å². The average molecular weight is 381 g/mol. The van der Waals surface area contributed by atoms with Crippen molar-refractivity contribution in [1.82, 2.24) is 19.8 Å². The van der Waals surface area contributed by atoms with Gasteiger partial charge >= 0.3 is 0 Å². The van der Waals surface area contributed by atoms with Gasteiger partial charge in [0.1, 0.15) is 5.69 Å². The van der Waals surface area contributed by atoms with Crippen LogP contribution in [-0.2, 0) is 6.54 Å². The van der Waals surface area contributed by atoms with Crippen molar-refractivity contribution in [3.05, 3.63) is 54.4 Å². The Balaban J connectivity index is 1.32. The number of piperazine rings is 1. The van der Waals surface area contributed by atoms with Crippen LogP contribution in [0.25, 0.3) is 0 Å². The van der Waals surface area contributed by atoms with Gasteiger partial charge in [0, 0.05) is 45.5 Å². The number of carbonyl (C=O) groups excluding carboxylic acids is 1. The third kappa shape index (κ3) is 4.07. The van der Waals surface area contributed by atoms with Crippen LogP contribution in [0.3, 0.4) is 0 Å². The molecule has 0 aliphatic carbocycles. The third-order valence-corrected chi connectivity index (χ3v) is 4.78. The molecule has 1 fully saturated rings. The Morgan fingerprint density at radius 3 is 2.82 bits per heavy atom. The van der Waals surface area contributed by atoms with Crippen LogP contribution in [-0.4, -0.2) is 65.2 Å². The molecule has 1 aromatic heterocycles. The van der Waals surface area contributed by atoms with Crippen LogP contribution in [0.15, 0.2) is 43.1 Å². The number of hydrogen-bond donors (Lipinski definition) is 1. The fraction of sp³-hybridized carbons (Fsp3) is 0.350. The molecule has 2 aliphatic heterocycles. The predicted octanol–water partition coefficient (Wildman–Crippen LogP) is 1.76. The number of amides is 1. The second kappa shape index (κ2) is 8.26. The first-order chi connectivity index (χ1) is 13.7. The number of nitrogens with zero attached hydrogens (tertiary/aromatic N) is 4. The Kier molecular flexibility index (Phi) is 5.38. The van der Waals surface area contributed by atoms with Gasteiger partial charge in [-0.2, -0.15) is 0 Å². The highest BCUT2D eigenvalue weighted by molar-refractivity contribution is 5.92. The van der Waals surface area contributed by atoms with E-state index in [1.807, 2.05) is 17.0 Å². The number of fused-ring (bicyclic) bond motifs is 1. The highest BCUT2D eigenvalue weighted by Crippen LogP contribution is 2.32. The van der Waals surface area contributed by atoms with Crippen LogP contribution < -0.4 is 14.8 Å². The second-order valence-electron chi connectivity index (χ2n) is 6.69. The van der Waals surface area contributed by atoms with Crippen LogP contribution in [0.1, 0.15) is 16.1 Å². The number of nitrogens with one attached hydrogen (secondary N) is 1. The standard InChI is InChI=1S/C20H23N5O3/c1-2-6-21-20-22-7-5-16(23-20)19(26)25-10-8-24(9-11-25)13-15-3-4-17-18(12-15)28-14-27-17/h2-5,7,12H,1,6,8-11,13-14H2,(H,21,22,23). The zero-order valence-electron chi connectivity index (χ0n) is 15.6. The van der Waals surface area contributed by atoms with Crippen molar-refractivity contribution in [2.45, 2.75) is 6.54 Å². The molecule has 28 heavy (non-hydrogen) atoms. The van der Waals surface area contributed by atoms with E-state index in [-0.39, 0.29) is 12.7 Å². The van der Waals surface area contributed by atoms with Crippen molar-refractivity contribution in [1.29, 1.82) is 0 Å². The Hall–Kier alpha value is -3.13. The molecule has 3 heterocycles. The van der Waals surface area contributed by atoms with Crippen LogP contribution in [0.2, 0.25) is 0 Å². The van der Waals surface area contributed by atoms with E-state index in [1.165, 1.54) is 5.56 Å². The zero-order valence-corrected chi connectivity index (χ0v) is 15.6. The summed E-state index contributed by atoms with van der Waals surface area (Å²) >= 11 is 0. The SMILES string of the molecule is C=CCNc1nccc(C(=O)N2CCN(Cc3ccc4c(c3)OCO4)CC2)n1. The smallest absolute Gasteiger partial charge is 0.272 e. The summed E-state index contributed by atoms with van der Waals surface area (Å²) in [5.74, 6) is 1.97. The van der Waals surface area contributed by atoms with Crippen molar-refractivity contribution in [3.8, 4) is 11.5 Å². The molecule has 8 heteroatoms. The van der Waals surface area contributed by atoms with Crippen LogP contribution in [0.4, 0.5) is 5.95 Å². The lowest BCUT2D eigenvalue weighted by atomic mass is 10.1. The molecule has 1 saturated heterocycles. The summed E-state index contributed by atoms with van der Waals surface area (Å²) in [7, 11) is 0. The van der Waals surface area contributed by atoms with Crippen molar-refractivity contribution < 1.29 is 14.3 Å². The lowest BCUT2D eigenvalue weighted by Crippen LogP contribution is -2.48. The molecule has 0 bridgehead atoms. The Morgan fingerprint density at radius 2 is 2.00 bits per heavy atom. The first-order valence-corrected chi connectivity index (χ1v) is 9.31. The number of benzene rings is 1. The van der Waals surface area contributed by atoms with E-state index in [1.54, 1.807) is 18.3 Å². The summed E-state index contributed by atoms with van der Waals surface area (Å²) in [6.07, 6.45) is 3.32. The van der Waals surface area contributed by atoms with E-state index in [0.717, 1.165) is 31.1 Å². The van der Waals surface area contributed by atoms with E-state index in [2.05, 4.69) is 32.8 Å². The highest BCUT2D eigenvalue weighted by Gasteiger charge is 2.24. The molecule has 0 saturated carbocycles. The molecule has 0 radical (unpaired) electrons. The van der Waals surface area contributed by atoms with Gasteiger partial charge in [-0.3, -0.25) is 9.69 Å². The molecule has 0 atom stereocenters. The molecular formula is C20H23N5O3. The van der Waals surface area contributed by atoms with Gasteiger partial charge in [-0.1, -0.05) is 12.1 Å². The summed E-state index contributed by atoms with van der Waals surface area (Å²) in [5, 5.41) is 3.01. The maximum Gasteiger partial charge on any atom is 0.272 e. The first-order valence-electron chi connectivity index (χ1n) is 9.31. The molecule has 0 unspecified atom stereocenters. The molecule has 1 N–H and O–H groups in total. The van der Waals surface area contributed by atoms with Gasteiger partial charge in [-0.25, -0.2) is 9.97 Å². The monoisotopic (exact) mass is 381 g/mol. The van der Waals surface area contributed by atoms with Crippen molar-refractivity contribution in [2.24, 2.45) is 0 Å². The Labute approximate surface area is 163 Å². The number of aromatic nitrogens is 2. The summed E-state index contributed by atoms with van der Waals surface area (Å²) in [6.45, 7) is 8.27. The number of carbonyl (C=O) groups is 1. The highest BCUT2D eigenvalue weighted by atomic mass is 16.7. The minimum absolute atomic E-state index is 0.0632. The van der Waals surface area contributed by atoms with Gasteiger partial charge in [0.25, 0.3) is 5.91 Å². The lowest BCUT2D eigenvalue weighted by Gasteiger charge is -2.34. The van der Waals surface area contributed by atoms with E-state index in [0.29, 0.717) is 31.3 Å². The van der Waals surface area contributed by atoms with E-state index >= 15 is 0 Å². The molecule has 4 rings (SSSR count). The van der Waals surface area contributed by atoms with Gasteiger partial charge < -0.3 is 19.7 Å². The molecule has 2 aromatic rings. The van der Waals surface area contributed by atoms with E-state index in [9.17, 15) is 4.79 Å². The molecule has 146 valence electrons. The van der Waals surface area contributed by atoms with Crippen LogP contribution >= 0.6 is 0 Å². The number of rotatable bonds is 6. The van der Waals surface area contributed by atoms with Gasteiger partial charge in [0.2, 0.25) is 12.7 Å². The fourth-order valence-electron chi connectivity index (χ4n) is 3.30. The predicted molar refractivity (Wildman–Crippen MR) is 104 cm³/mol. The lowest BCUT2D eigenvalue weighted by molar-refractivity contribution is 0.0622. The first kappa shape index (κ1) is 18.2. The fourth-order valence-corrected chi connectivity index (χ4v) is 3.30. The summed E-state index contributed by atoms with van der Waals surface area (Å²) in [6, 6.07) is 7.69. The topological polar surface area (TPSA) is 79.8 Å². The van der Waals surface area contributed by atoms with Crippen LogP contribution in [0.5, 0.6) is 11.5 Å². The van der Waals surface area contributed by atoms with Gasteiger partial charge in [-0.05, 0) is 23.8 Å². The molecule has 8 nitrogen and oxygen atoms in total. The summed E-state index contributed by atoms with van der Waals surface area (Å²) < 4.78 is 10.8. The van der Waals surface area contributed by atoms with Crippen molar-refractivity contribution in [2.75, 3.05) is 44.8 Å². The molecule has 1 aromatic carbocycles. The Bertz CT molecular complexity index is 865. The minimum atomic E-state index is -0.0632. The quantitative estimate of drug-likeness (QED) is 0.764. The van der Waals surface area contributed by atoms with Crippen LogP contribution in [0, 0.1) is 0 Å². The van der Waals surface area contributed by atoms with Gasteiger partial charge in [0.15, 0.2) is 11.5 Å². The van der Waals surface area contributed by atoms with Gasteiger partial charge in [0.05, 0.1) is 0 Å². The zero-order chi connectivity index (χ0) is 19.3. The summed E-state index contributed by atoms with van der Waals surface area (Å²) in [5.41, 5.74) is 1.59.